The van der Waals surface area contributed by atoms with Crippen LogP contribution in [0.25, 0.3) is 21.5 Å². The summed E-state index contributed by atoms with van der Waals surface area (Å²) in [4.78, 5) is 16.2. The van der Waals surface area contributed by atoms with Crippen molar-refractivity contribution < 1.29 is 55.5 Å². The fourth-order valence-corrected chi connectivity index (χ4v) is 10.00. The van der Waals surface area contributed by atoms with Gasteiger partial charge in [0.2, 0.25) is 0 Å². The number of anilines is 1. The van der Waals surface area contributed by atoms with Gasteiger partial charge in [0.15, 0.2) is 5.75 Å². The quantitative estimate of drug-likeness (QED) is 0.0231. The minimum atomic E-state index is -4.63. The van der Waals surface area contributed by atoms with E-state index in [1.165, 1.54) is 18.2 Å². The summed E-state index contributed by atoms with van der Waals surface area (Å²) < 4.78 is 77.3. The van der Waals surface area contributed by atoms with E-state index in [0.29, 0.717) is 81.6 Å². The van der Waals surface area contributed by atoms with Crippen molar-refractivity contribution in [1.29, 1.82) is 0 Å². The van der Waals surface area contributed by atoms with Crippen LogP contribution in [0.5, 0.6) is 23.0 Å². The molecule has 0 atom stereocenters. The Morgan fingerprint density at radius 1 is 0.597 bits per heavy atom. The Morgan fingerprint density at radius 2 is 1.08 bits per heavy atom. The second-order valence-corrected chi connectivity index (χ2v) is 19.9. The molecular formula is C54H46CaCl2N6O12S2. The molecule has 77 heavy (non-hydrogen) atoms. The van der Waals surface area contributed by atoms with E-state index < -0.39 is 53.3 Å². The number of azo groups is 2. The fraction of sp³-hybridized carbons (Fsp3) is 0.148. The second-order valence-electron chi connectivity index (χ2n) is 16.3. The summed E-state index contributed by atoms with van der Waals surface area (Å²) in [6.45, 7) is 8.12. The molecule has 23 heteroatoms. The van der Waals surface area contributed by atoms with E-state index in [9.17, 15) is 46.1 Å². The molecule has 8 rings (SSSR count). The van der Waals surface area contributed by atoms with Crippen LogP contribution in [-0.4, -0.2) is 93.8 Å². The normalized spacial score (nSPS) is 11.9. The van der Waals surface area contributed by atoms with Crippen LogP contribution in [0, 0.1) is 0 Å². The van der Waals surface area contributed by atoms with Crippen molar-refractivity contribution in [2.75, 3.05) is 18.5 Å². The Morgan fingerprint density at radius 3 is 1.60 bits per heavy atom. The van der Waals surface area contributed by atoms with E-state index in [0.717, 1.165) is 12.1 Å². The van der Waals surface area contributed by atoms with Gasteiger partial charge in [-0.2, -0.15) is 32.2 Å². The third-order valence-electron chi connectivity index (χ3n) is 11.3. The molecule has 18 nitrogen and oxygen atoms in total. The zero-order chi connectivity index (χ0) is 54.9. The number of halogens is 2. The summed E-state index contributed by atoms with van der Waals surface area (Å²) >= 11 is 12.2. The molecule has 0 radical (unpaired) electrons. The van der Waals surface area contributed by atoms with Gasteiger partial charge in [0.1, 0.15) is 27.0 Å². The van der Waals surface area contributed by atoms with Crippen LogP contribution in [0.2, 0.25) is 10.0 Å². The summed E-state index contributed by atoms with van der Waals surface area (Å²) in [5, 5.41) is 58.7. The monoisotopic (exact) mass is 1140 g/mol. The van der Waals surface area contributed by atoms with Crippen molar-refractivity contribution >= 4 is 149 Å². The number of hydrogen-bond acceptors (Lipinski definition) is 15. The maximum absolute atomic E-state index is 13.4. The van der Waals surface area contributed by atoms with Gasteiger partial charge in [0, 0.05) is 28.6 Å². The standard InChI is InChI=1S/2C27H24ClN3O6S.Ca/c2*1-3-16-12-19(15-23(24(16)28)38(34,35)36)30-31-25-21-11-6-5-8-17(21)13-22(26(25)32)27(33)29-18-9-7-10-20(14-18)37-4-2;/h2*5-15,32H,3-4H2,1-2H3,(H,29,33)(H,34,35,36);/q;;+2/p-2. The van der Waals surface area contributed by atoms with Gasteiger partial charge in [-0.1, -0.05) is 103 Å². The molecular weight excluding hydrogens is 1100 g/mol. The van der Waals surface area contributed by atoms with Gasteiger partial charge in [-0.05, 0) is 121 Å². The summed E-state index contributed by atoms with van der Waals surface area (Å²) in [7, 11) is -9.24. The summed E-state index contributed by atoms with van der Waals surface area (Å²) in [6, 6.07) is 35.5. The molecule has 8 aromatic rings. The Labute approximate surface area is 483 Å². The molecule has 0 saturated heterocycles. The second kappa shape index (κ2) is 26.1. The van der Waals surface area contributed by atoms with Gasteiger partial charge in [-0.3, -0.25) is 18.9 Å². The first kappa shape index (κ1) is 59.5. The number of carbonyl (C=O) groups excluding carboxylic acids is 1. The van der Waals surface area contributed by atoms with Crippen LogP contribution in [-0.2, 0) is 33.1 Å². The molecule has 0 saturated carbocycles. The van der Waals surface area contributed by atoms with Crippen molar-refractivity contribution in [3.63, 3.8) is 0 Å². The van der Waals surface area contributed by atoms with Gasteiger partial charge >= 0.3 is 37.7 Å². The van der Waals surface area contributed by atoms with Crippen molar-refractivity contribution in [2.45, 2.75) is 50.3 Å². The van der Waals surface area contributed by atoms with Crippen LogP contribution in [0.1, 0.15) is 54.7 Å². The molecule has 0 aliphatic carbocycles. The van der Waals surface area contributed by atoms with Gasteiger partial charge in [0.25, 0.3) is 26.1 Å². The molecule has 0 spiro atoms. The van der Waals surface area contributed by atoms with Crippen molar-refractivity contribution in [3.05, 3.63) is 166 Å². The molecule has 8 aromatic carbocycles. The summed E-state index contributed by atoms with van der Waals surface area (Å²) in [5.74, 6) is -1.32. The SMILES string of the molecule is CCOc1cccc(N=C([O-])c2cc3ccccc3c(N=Nc3cc(CC)c(Cl)c(S(=O)(=O)O)c3)c2[O-])c1.CCOc1cccc(NC(=O)c2cc3ccccc3c(N=Nc3cc(CC)c(Cl)c(S(=O)(=O)O)c3)c2O)c1.[Ca+2]. The largest absolute Gasteiger partial charge is 2.00 e. The van der Waals surface area contributed by atoms with Crippen molar-refractivity contribution in [3.8, 4) is 23.0 Å². The number of fused-ring (bicyclic) bond motifs is 2. The van der Waals surface area contributed by atoms with E-state index in [2.05, 4.69) is 30.8 Å². The number of nitrogens with zero attached hydrogens (tertiary/aromatic N) is 5. The van der Waals surface area contributed by atoms with Crippen LogP contribution >= 0.6 is 23.2 Å². The Bertz CT molecular complexity index is 3860. The van der Waals surface area contributed by atoms with Crippen LogP contribution in [0.4, 0.5) is 34.1 Å². The molecule has 0 aromatic heterocycles. The zero-order valence-electron chi connectivity index (χ0n) is 41.6. The van der Waals surface area contributed by atoms with E-state index in [4.69, 9.17) is 32.7 Å². The van der Waals surface area contributed by atoms with E-state index in [1.807, 2.05) is 13.8 Å². The third kappa shape index (κ3) is 14.5. The van der Waals surface area contributed by atoms with E-state index >= 15 is 0 Å². The minimum absolute atomic E-state index is 0. The molecule has 0 unspecified atom stereocenters. The Kier molecular flexibility index (Phi) is 20.2. The first-order chi connectivity index (χ1) is 36.2. The number of rotatable bonds is 16. The molecule has 1 amide bonds. The predicted molar refractivity (Wildman–Crippen MR) is 294 cm³/mol. The number of phenolic OH excluding ortho intramolecular Hbond substituents is 1. The molecule has 4 N–H and O–H groups in total. The molecule has 0 aliphatic heterocycles. The number of ether oxygens (including phenoxy) is 2. The number of nitrogens with one attached hydrogen (secondary N) is 1. The smallest absolute Gasteiger partial charge is 0.871 e. The maximum atomic E-state index is 13.4. The van der Waals surface area contributed by atoms with Gasteiger partial charge in [-0.15, -0.1) is 5.11 Å². The number of phenols is 1. The number of hydrogen-bond donors (Lipinski definition) is 4. The number of aryl methyl sites for hydroxylation is 2. The average Bonchev–Trinajstić information content (AvgIpc) is 3.40. The first-order valence-electron chi connectivity index (χ1n) is 23.2. The average molecular weight is 1150 g/mol. The van der Waals surface area contributed by atoms with Gasteiger partial charge < -0.3 is 30.1 Å². The maximum Gasteiger partial charge on any atom is 2.00 e. The molecule has 0 bridgehead atoms. The van der Waals surface area contributed by atoms with E-state index in [-0.39, 0.29) is 81.7 Å². The Balaban J connectivity index is 0.000000246. The zero-order valence-corrected chi connectivity index (χ0v) is 46.9. The van der Waals surface area contributed by atoms with E-state index in [1.54, 1.807) is 117 Å². The van der Waals surface area contributed by atoms with Crippen molar-refractivity contribution in [1.82, 2.24) is 0 Å². The topological polar surface area (TPSA) is 284 Å². The predicted octanol–water partition coefficient (Wildman–Crippen LogP) is 12.3. The number of carbonyl (C=O) groups is 1. The molecule has 0 heterocycles. The molecule has 0 aliphatic rings. The molecule has 392 valence electrons. The minimum Gasteiger partial charge on any atom is -0.871 e. The van der Waals surface area contributed by atoms with Gasteiger partial charge in [0.05, 0.1) is 51.6 Å². The fourth-order valence-electron chi connectivity index (χ4n) is 7.67. The number of aromatic hydroxyl groups is 1. The van der Waals surface area contributed by atoms with Crippen LogP contribution in [0.3, 0.4) is 0 Å². The third-order valence-corrected chi connectivity index (χ3v) is 14.1. The van der Waals surface area contributed by atoms with Crippen molar-refractivity contribution in [2.24, 2.45) is 25.4 Å². The summed E-state index contributed by atoms with van der Waals surface area (Å²) in [5.41, 5.74) is 1.44. The first-order valence-corrected chi connectivity index (χ1v) is 26.8. The number of amides is 1. The van der Waals surface area contributed by atoms with Crippen LogP contribution < -0.4 is 25.0 Å². The van der Waals surface area contributed by atoms with Crippen LogP contribution in [0.15, 0.2) is 169 Å². The Hall–Kier alpha value is -6.72. The summed E-state index contributed by atoms with van der Waals surface area (Å²) in [6.07, 6.45) is 0.732. The number of benzene rings is 8. The van der Waals surface area contributed by atoms with Gasteiger partial charge in [-0.25, -0.2) is 0 Å². The number of aliphatic imine (C=N–C) groups is 1. The molecule has 0 fully saturated rings.